The van der Waals surface area contributed by atoms with E-state index in [-0.39, 0.29) is 28.5 Å². The molecule has 3 aromatic carbocycles. The number of ether oxygens (including phenoxy) is 2. The van der Waals surface area contributed by atoms with Crippen LogP contribution < -0.4 is 25.0 Å². The fourth-order valence-corrected chi connectivity index (χ4v) is 4.14. The summed E-state index contributed by atoms with van der Waals surface area (Å²) in [7, 11) is -3.81. The van der Waals surface area contributed by atoms with Gasteiger partial charge in [0.05, 0.1) is 24.5 Å². The van der Waals surface area contributed by atoms with E-state index in [0.717, 1.165) is 11.3 Å². The molecule has 0 saturated heterocycles. The van der Waals surface area contributed by atoms with E-state index in [1.54, 1.807) is 36.4 Å². The Balaban J connectivity index is 1.52. The van der Waals surface area contributed by atoms with Gasteiger partial charge in [-0.15, -0.1) is 0 Å². The Morgan fingerprint density at radius 1 is 0.743 bits per heavy atom. The third kappa shape index (κ3) is 7.47. The molecule has 9 nitrogen and oxygen atoms in total. The predicted octanol–water partition coefficient (Wildman–Crippen LogP) is 3.29. The highest BCUT2D eigenvalue weighted by Crippen LogP contribution is 2.20. The number of hydrogen-bond acceptors (Lipinski definition) is 6. The van der Waals surface area contributed by atoms with Gasteiger partial charge in [0.1, 0.15) is 11.5 Å². The maximum absolute atomic E-state index is 12.6. The lowest BCUT2D eigenvalue weighted by molar-refractivity contribution is -0.121. The number of carbonyl (C=O) groups is 2. The van der Waals surface area contributed by atoms with E-state index in [4.69, 9.17) is 9.47 Å². The second kappa shape index (κ2) is 11.9. The van der Waals surface area contributed by atoms with Crippen LogP contribution in [0.5, 0.6) is 11.5 Å². The fraction of sp³-hybridized carbons (Fsp3) is 0.200. The van der Waals surface area contributed by atoms with E-state index < -0.39 is 15.9 Å². The normalized spacial score (nSPS) is 10.8. The van der Waals surface area contributed by atoms with Crippen LogP contribution in [0.15, 0.2) is 77.7 Å². The Labute approximate surface area is 204 Å². The summed E-state index contributed by atoms with van der Waals surface area (Å²) in [6.45, 7) is 4.77. The molecule has 3 aromatic rings. The molecular weight excluding hydrogens is 470 g/mol. The van der Waals surface area contributed by atoms with Gasteiger partial charge in [-0.25, -0.2) is 8.42 Å². The summed E-state index contributed by atoms with van der Waals surface area (Å²) >= 11 is 0. The van der Waals surface area contributed by atoms with Gasteiger partial charge in [-0.2, -0.15) is 0 Å². The maximum Gasteiger partial charge on any atom is 0.269 e. The number of hydrogen-bond donors (Lipinski definition) is 3. The monoisotopic (exact) mass is 497 g/mol. The molecule has 0 aliphatic rings. The van der Waals surface area contributed by atoms with Crippen molar-refractivity contribution in [2.24, 2.45) is 0 Å². The molecule has 184 valence electrons. The summed E-state index contributed by atoms with van der Waals surface area (Å²) in [5.41, 5.74) is 6.01. The van der Waals surface area contributed by atoms with Crippen molar-refractivity contribution in [1.29, 1.82) is 0 Å². The van der Waals surface area contributed by atoms with Crippen LogP contribution in [0.1, 0.15) is 29.8 Å². The molecule has 0 saturated carbocycles. The minimum Gasteiger partial charge on any atom is -0.494 e. The van der Waals surface area contributed by atoms with Crippen LogP contribution in [0, 0.1) is 0 Å². The Morgan fingerprint density at radius 2 is 1.29 bits per heavy atom. The first-order chi connectivity index (χ1) is 16.8. The average molecular weight is 498 g/mol. The van der Waals surface area contributed by atoms with Crippen LogP contribution in [0.2, 0.25) is 0 Å². The van der Waals surface area contributed by atoms with Crippen molar-refractivity contribution in [3.63, 3.8) is 0 Å². The van der Waals surface area contributed by atoms with Crippen LogP contribution in [-0.2, 0) is 21.2 Å². The number of hydrazine groups is 1. The Hall–Kier alpha value is -4.05. The van der Waals surface area contributed by atoms with E-state index in [9.17, 15) is 18.0 Å². The van der Waals surface area contributed by atoms with Gasteiger partial charge in [-0.3, -0.25) is 25.2 Å². The summed E-state index contributed by atoms with van der Waals surface area (Å²) < 4.78 is 38.3. The van der Waals surface area contributed by atoms with Gasteiger partial charge in [-0.1, -0.05) is 12.1 Å². The van der Waals surface area contributed by atoms with E-state index in [1.165, 1.54) is 36.4 Å². The lowest BCUT2D eigenvalue weighted by Crippen LogP contribution is -2.42. The van der Waals surface area contributed by atoms with Crippen LogP contribution in [0.4, 0.5) is 5.69 Å². The van der Waals surface area contributed by atoms with Crippen molar-refractivity contribution in [2.45, 2.75) is 25.2 Å². The fourth-order valence-electron chi connectivity index (χ4n) is 3.08. The first-order valence-electron chi connectivity index (χ1n) is 11.0. The van der Waals surface area contributed by atoms with Gasteiger partial charge in [0.25, 0.3) is 15.9 Å². The summed E-state index contributed by atoms with van der Waals surface area (Å²) in [4.78, 5) is 24.5. The van der Waals surface area contributed by atoms with Gasteiger partial charge in [-0.05, 0) is 80.1 Å². The molecule has 35 heavy (non-hydrogen) atoms. The zero-order valence-corrected chi connectivity index (χ0v) is 20.2. The topological polar surface area (TPSA) is 123 Å². The van der Waals surface area contributed by atoms with Gasteiger partial charge in [0.15, 0.2) is 0 Å². The maximum atomic E-state index is 12.6. The molecule has 0 radical (unpaired) electrons. The average Bonchev–Trinajstić information content (AvgIpc) is 2.85. The zero-order chi connectivity index (χ0) is 25.3. The van der Waals surface area contributed by atoms with E-state index in [0.29, 0.717) is 19.0 Å². The van der Waals surface area contributed by atoms with Crippen LogP contribution in [0.25, 0.3) is 0 Å². The number of nitrogens with one attached hydrogen (secondary N) is 3. The van der Waals surface area contributed by atoms with Crippen molar-refractivity contribution < 1.29 is 27.5 Å². The molecule has 10 heteroatoms. The van der Waals surface area contributed by atoms with Gasteiger partial charge < -0.3 is 9.47 Å². The minimum atomic E-state index is -3.81. The highest BCUT2D eigenvalue weighted by atomic mass is 32.2. The Bertz CT molecular complexity index is 1240. The first kappa shape index (κ1) is 25.6. The van der Waals surface area contributed by atoms with Crippen LogP contribution in [0.3, 0.4) is 0 Å². The predicted molar refractivity (Wildman–Crippen MR) is 132 cm³/mol. The highest BCUT2D eigenvalue weighted by Gasteiger charge is 2.15. The molecule has 0 unspecified atom stereocenters. The summed E-state index contributed by atoms with van der Waals surface area (Å²) in [5.74, 6) is 0.372. The Morgan fingerprint density at radius 3 is 1.83 bits per heavy atom. The number of amides is 2. The number of carbonyl (C=O) groups excluding carboxylic acids is 2. The van der Waals surface area contributed by atoms with Gasteiger partial charge in [0, 0.05) is 11.3 Å². The molecule has 0 bridgehead atoms. The molecule has 0 aliphatic heterocycles. The first-order valence-corrected chi connectivity index (χ1v) is 12.5. The van der Waals surface area contributed by atoms with E-state index >= 15 is 0 Å². The van der Waals surface area contributed by atoms with Crippen molar-refractivity contribution >= 4 is 27.5 Å². The summed E-state index contributed by atoms with van der Waals surface area (Å²) in [6.07, 6.45) is 0.0823. The molecule has 0 heterocycles. The molecule has 2 amide bonds. The third-order valence-corrected chi connectivity index (χ3v) is 6.16. The molecule has 0 atom stereocenters. The van der Waals surface area contributed by atoms with Crippen LogP contribution >= 0.6 is 0 Å². The van der Waals surface area contributed by atoms with Crippen molar-refractivity contribution in [2.75, 3.05) is 17.9 Å². The highest BCUT2D eigenvalue weighted by molar-refractivity contribution is 7.92. The molecule has 3 rings (SSSR count). The Kier molecular flexibility index (Phi) is 8.69. The molecule has 0 spiro atoms. The number of benzene rings is 3. The summed E-state index contributed by atoms with van der Waals surface area (Å²) in [5, 5.41) is 0. The van der Waals surface area contributed by atoms with Crippen LogP contribution in [-0.4, -0.2) is 33.4 Å². The third-order valence-electron chi connectivity index (χ3n) is 4.76. The van der Waals surface area contributed by atoms with Crippen molar-refractivity contribution in [1.82, 2.24) is 10.9 Å². The van der Waals surface area contributed by atoms with Crippen molar-refractivity contribution in [3.05, 3.63) is 83.9 Å². The van der Waals surface area contributed by atoms with E-state index in [1.807, 2.05) is 13.8 Å². The molecule has 0 aliphatic carbocycles. The number of rotatable bonds is 10. The number of anilines is 1. The van der Waals surface area contributed by atoms with Gasteiger partial charge in [0.2, 0.25) is 5.91 Å². The van der Waals surface area contributed by atoms with Gasteiger partial charge >= 0.3 is 0 Å². The molecular formula is C25H27N3O6S. The lowest BCUT2D eigenvalue weighted by Gasteiger charge is -2.11. The largest absolute Gasteiger partial charge is 0.494 e. The lowest BCUT2D eigenvalue weighted by atomic mass is 10.1. The molecule has 3 N–H and O–H groups in total. The second-order valence-corrected chi connectivity index (χ2v) is 9.03. The smallest absolute Gasteiger partial charge is 0.269 e. The quantitative estimate of drug-likeness (QED) is 0.370. The summed E-state index contributed by atoms with van der Waals surface area (Å²) in [6, 6.07) is 19.0. The molecule has 0 aromatic heterocycles. The number of sulfonamides is 1. The molecule has 0 fully saturated rings. The second-order valence-electron chi connectivity index (χ2n) is 7.34. The SMILES string of the molecule is CCOc1ccc(CC(=O)NNC(=O)c2ccc(NS(=O)(=O)c3ccc(OCC)cc3)cc2)cc1. The van der Waals surface area contributed by atoms with E-state index in [2.05, 4.69) is 15.6 Å². The standard InChI is InChI=1S/C25H27N3O6S/c1-3-33-21-11-5-18(6-12-21)17-24(29)26-27-25(30)19-7-9-20(10-8-19)28-35(31,32)23-15-13-22(14-16-23)34-4-2/h5-16,28H,3-4,17H2,1-2H3,(H,26,29)(H,27,30). The minimum absolute atomic E-state index is 0.0815. The zero-order valence-electron chi connectivity index (χ0n) is 19.4. The van der Waals surface area contributed by atoms with Crippen molar-refractivity contribution in [3.8, 4) is 11.5 Å².